The number of pyridine rings is 1. The van der Waals surface area contributed by atoms with E-state index in [-0.39, 0.29) is 22.3 Å². The minimum absolute atomic E-state index is 0.110. The molecule has 1 saturated heterocycles. The molecular weight excluding hydrogens is 392 g/mol. The van der Waals surface area contributed by atoms with Crippen molar-refractivity contribution in [3.63, 3.8) is 0 Å². The molecule has 0 aliphatic carbocycles. The van der Waals surface area contributed by atoms with Crippen molar-refractivity contribution in [1.82, 2.24) is 9.71 Å². The maximum absolute atomic E-state index is 12.1. The fourth-order valence-corrected chi connectivity index (χ4v) is 5.85. The Bertz CT molecular complexity index is 721. The van der Waals surface area contributed by atoms with Crippen molar-refractivity contribution in [3.8, 4) is 0 Å². The number of nitrogens with one attached hydrogen (secondary N) is 1. The summed E-state index contributed by atoms with van der Waals surface area (Å²) in [6.07, 6.45) is 2.41. The number of sulfonamides is 1. The van der Waals surface area contributed by atoms with Crippen LogP contribution in [0.1, 0.15) is 12.8 Å². The predicted molar refractivity (Wildman–Crippen MR) is 78.9 cm³/mol. The summed E-state index contributed by atoms with van der Waals surface area (Å²) in [6, 6.07) is 1.32. The van der Waals surface area contributed by atoms with Gasteiger partial charge in [0.15, 0.2) is 9.84 Å². The first-order chi connectivity index (χ1) is 9.22. The van der Waals surface area contributed by atoms with E-state index in [1.54, 1.807) is 0 Å². The molecule has 1 aliphatic rings. The Balaban J connectivity index is 2.18. The molecule has 1 N–H and O–H groups in total. The standard InChI is InChI=1S/C10H12BrClN2O4S2/c11-7-4-9(10(12)13-5-7)20(17,18)14-6-8-2-1-3-19(8,15)16/h4-5,8,14H,1-3,6H2. The summed E-state index contributed by atoms with van der Waals surface area (Å²) in [5, 5.41) is -0.828. The van der Waals surface area contributed by atoms with Gasteiger partial charge in [0.05, 0.1) is 11.0 Å². The SMILES string of the molecule is O=S(=O)(NCC1CCCS1(=O)=O)c1cc(Br)cnc1Cl. The lowest BCUT2D eigenvalue weighted by molar-refractivity contribution is 0.570. The summed E-state index contributed by atoms with van der Waals surface area (Å²) in [5.74, 6) is 0.110. The van der Waals surface area contributed by atoms with Crippen molar-refractivity contribution in [1.29, 1.82) is 0 Å². The van der Waals surface area contributed by atoms with Gasteiger partial charge in [-0.1, -0.05) is 11.6 Å². The van der Waals surface area contributed by atoms with E-state index >= 15 is 0 Å². The molecule has 1 unspecified atom stereocenters. The van der Waals surface area contributed by atoms with E-state index in [1.165, 1.54) is 12.3 Å². The van der Waals surface area contributed by atoms with Crippen LogP contribution >= 0.6 is 27.5 Å². The number of hydrogen-bond acceptors (Lipinski definition) is 5. The molecule has 10 heteroatoms. The quantitative estimate of drug-likeness (QED) is 0.766. The molecule has 0 amide bonds. The Morgan fingerprint density at radius 2 is 2.20 bits per heavy atom. The van der Waals surface area contributed by atoms with E-state index in [1.807, 2.05) is 0 Å². The highest BCUT2D eigenvalue weighted by atomic mass is 79.9. The van der Waals surface area contributed by atoms with Crippen LogP contribution in [-0.2, 0) is 19.9 Å². The fourth-order valence-electron chi connectivity index (χ4n) is 1.96. The topological polar surface area (TPSA) is 93.2 Å². The second-order valence-electron chi connectivity index (χ2n) is 4.43. The second kappa shape index (κ2) is 5.88. The summed E-state index contributed by atoms with van der Waals surface area (Å²) in [4.78, 5) is 3.56. The van der Waals surface area contributed by atoms with Crippen LogP contribution in [0, 0.1) is 0 Å². The highest BCUT2D eigenvalue weighted by molar-refractivity contribution is 9.10. The summed E-state index contributed by atoms with van der Waals surface area (Å²) < 4.78 is 50.3. The maximum Gasteiger partial charge on any atom is 0.243 e. The van der Waals surface area contributed by atoms with Crippen molar-refractivity contribution in [2.75, 3.05) is 12.3 Å². The van der Waals surface area contributed by atoms with Crippen LogP contribution in [0.25, 0.3) is 0 Å². The molecule has 112 valence electrons. The highest BCUT2D eigenvalue weighted by Crippen LogP contribution is 2.24. The van der Waals surface area contributed by atoms with Gasteiger partial charge in [0.2, 0.25) is 10.0 Å². The molecule has 6 nitrogen and oxygen atoms in total. The van der Waals surface area contributed by atoms with Crippen LogP contribution in [-0.4, -0.2) is 39.4 Å². The monoisotopic (exact) mass is 402 g/mol. The summed E-state index contributed by atoms with van der Waals surface area (Å²) in [5.41, 5.74) is 0. The number of sulfone groups is 1. The maximum atomic E-state index is 12.1. The predicted octanol–water partition coefficient (Wildman–Crippen LogP) is 1.35. The zero-order valence-corrected chi connectivity index (χ0v) is 14.2. The Morgan fingerprint density at radius 3 is 2.80 bits per heavy atom. The lowest BCUT2D eigenvalue weighted by Gasteiger charge is -2.12. The first-order valence-electron chi connectivity index (χ1n) is 5.75. The third kappa shape index (κ3) is 3.51. The Morgan fingerprint density at radius 1 is 1.50 bits per heavy atom. The van der Waals surface area contributed by atoms with E-state index < -0.39 is 25.1 Å². The van der Waals surface area contributed by atoms with Gasteiger partial charge >= 0.3 is 0 Å². The van der Waals surface area contributed by atoms with Crippen molar-refractivity contribution in [2.45, 2.75) is 23.0 Å². The molecule has 20 heavy (non-hydrogen) atoms. The second-order valence-corrected chi connectivity index (χ2v) is 9.84. The number of rotatable bonds is 4. The van der Waals surface area contributed by atoms with Gasteiger partial charge in [0, 0.05) is 17.2 Å². The molecule has 1 aliphatic heterocycles. The minimum Gasteiger partial charge on any atom is -0.242 e. The normalized spacial score (nSPS) is 22.0. The molecule has 1 aromatic rings. The van der Waals surface area contributed by atoms with E-state index in [9.17, 15) is 16.8 Å². The molecule has 1 fully saturated rings. The van der Waals surface area contributed by atoms with E-state index in [2.05, 4.69) is 25.6 Å². The third-order valence-electron chi connectivity index (χ3n) is 3.03. The van der Waals surface area contributed by atoms with Gasteiger partial charge in [-0.15, -0.1) is 0 Å². The van der Waals surface area contributed by atoms with Gasteiger partial charge in [0.25, 0.3) is 0 Å². The average Bonchev–Trinajstić information content (AvgIpc) is 2.69. The number of halogens is 2. The molecule has 2 heterocycles. The zero-order chi connectivity index (χ0) is 15.0. The first kappa shape index (κ1) is 16.2. The van der Waals surface area contributed by atoms with E-state index in [0.29, 0.717) is 17.3 Å². The molecule has 2 rings (SSSR count). The zero-order valence-electron chi connectivity index (χ0n) is 10.2. The molecule has 0 spiro atoms. The van der Waals surface area contributed by atoms with Crippen LogP contribution in [0.4, 0.5) is 0 Å². The van der Waals surface area contributed by atoms with Gasteiger partial charge < -0.3 is 0 Å². The van der Waals surface area contributed by atoms with Gasteiger partial charge in [-0.3, -0.25) is 0 Å². The van der Waals surface area contributed by atoms with Gasteiger partial charge in [-0.25, -0.2) is 26.5 Å². The lowest BCUT2D eigenvalue weighted by atomic mass is 10.2. The number of aromatic nitrogens is 1. The average molecular weight is 404 g/mol. The van der Waals surface area contributed by atoms with E-state index in [4.69, 9.17) is 11.6 Å². The van der Waals surface area contributed by atoms with Gasteiger partial charge in [0.1, 0.15) is 10.0 Å². The molecule has 0 bridgehead atoms. The number of hydrogen-bond donors (Lipinski definition) is 1. The Labute approximate surface area is 131 Å². The Kier molecular flexibility index (Phi) is 4.75. The highest BCUT2D eigenvalue weighted by Gasteiger charge is 2.32. The van der Waals surface area contributed by atoms with Crippen LogP contribution in [0.5, 0.6) is 0 Å². The smallest absolute Gasteiger partial charge is 0.242 e. The van der Waals surface area contributed by atoms with E-state index in [0.717, 1.165) is 0 Å². The van der Waals surface area contributed by atoms with Gasteiger partial charge in [-0.2, -0.15) is 0 Å². The van der Waals surface area contributed by atoms with Crippen LogP contribution in [0.3, 0.4) is 0 Å². The van der Waals surface area contributed by atoms with Crippen molar-refractivity contribution < 1.29 is 16.8 Å². The third-order valence-corrected chi connectivity index (χ3v) is 7.59. The molecular formula is C10H12BrClN2O4S2. The molecule has 1 aromatic heterocycles. The summed E-state index contributed by atoms with van der Waals surface area (Å²) >= 11 is 8.88. The van der Waals surface area contributed by atoms with Crippen LogP contribution in [0.2, 0.25) is 5.15 Å². The molecule has 0 aromatic carbocycles. The van der Waals surface area contributed by atoms with Crippen LogP contribution < -0.4 is 4.72 Å². The summed E-state index contributed by atoms with van der Waals surface area (Å²) in [7, 11) is -7.08. The van der Waals surface area contributed by atoms with Gasteiger partial charge in [-0.05, 0) is 34.8 Å². The molecule has 1 atom stereocenters. The largest absolute Gasteiger partial charge is 0.243 e. The Hall–Kier alpha value is -0.220. The fraction of sp³-hybridized carbons (Fsp3) is 0.500. The number of nitrogens with zero attached hydrogens (tertiary/aromatic N) is 1. The summed E-state index contributed by atoms with van der Waals surface area (Å²) in [6.45, 7) is -0.145. The van der Waals surface area contributed by atoms with Crippen molar-refractivity contribution in [3.05, 3.63) is 21.9 Å². The first-order valence-corrected chi connectivity index (χ1v) is 10.1. The molecule has 0 radical (unpaired) electrons. The molecule has 0 saturated carbocycles. The lowest BCUT2D eigenvalue weighted by Crippen LogP contribution is -2.34. The van der Waals surface area contributed by atoms with Crippen molar-refractivity contribution >= 4 is 47.4 Å². The van der Waals surface area contributed by atoms with Crippen molar-refractivity contribution in [2.24, 2.45) is 0 Å². The minimum atomic E-state index is -3.89. The van der Waals surface area contributed by atoms with Crippen LogP contribution in [0.15, 0.2) is 21.6 Å².